The minimum absolute atomic E-state index is 0.248. The molecule has 4 nitrogen and oxygen atoms in total. The molecule has 0 radical (unpaired) electrons. The molecular weight excluding hydrogens is 238 g/mol. The Balaban J connectivity index is 1.88. The zero-order chi connectivity index (χ0) is 13.2. The average molecular weight is 257 g/mol. The molecule has 0 saturated heterocycles. The summed E-state index contributed by atoms with van der Waals surface area (Å²) in [4.78, 5) is 4.11. The first kappa shape index (κ1) is 12.2. The molecule has 3 rings (SSSR count). The van der Waals surface area contributed by atoms with Gasteiger partial charge < -0.3 is 16.2 Å². The minimum Gasteiger partial charge on any atom is -0.490 e. The Morgan fingerprint density at radius 1 is 1.11 bits per heavy atom. The van der Waals surface area contributed by atoms with Gasteiger partial charge >= 0.3 is 0 Å². The molecule has 1 fully saturated rings. The van der Waals surface area contributed by atoms with E-state index in [9.17, 15) is 0 Å². The number of nitrogens with two attached hydrogens (primary N) is 2. The zero-order valence-electron chi connectivity index (χ0n) is 10.9. The molecule has 1 aromatic heterocycles. The third-order valence-corrected chi connectivity index (χ3v) is 3.79. The van der Waals surface area contributed by atoms with Crippen LogP contribution in [-0.2, 0) is 0 Å². The van der Waals surface area contributed by atoms with E-state index in [2.05, 4.69) is 4.98 Å². The summed E-state index contributed by atoms with van der Waals surface area (Å²) in [6, 6.07) is 6.30. The van der Waals surface area contributed by atoms with Crippen LogP contribution in [-0.4, -0.2) is 17.1 Å². The second-order valence-corrected chi connectivity index (χ2v) is 5.24. The lowest BCUT2D eigenvalue weighted by Gasteiger charge is -2.27. The summed E-state index contributed by atoms with van der Waals surface area (Å²) >= 11 is 0. The fraction of sp³-hybridized carbons (Fsp3) is 0.400. The van der Waals surface area contributed by atoms with Gasteiger partial charge in [0.2, 0.25) is 0 Å². The lowest BCUT2D eigenvalue weighted by atomic mass is 9.93. The van der Waals surface area contributed by atoms with Gasteiger partial charge in [0.05, 0.1) is 18.0 Å². The molecule has 1 aliphatic rings. The van der Waals surface area contributed by atoms with Crippen molar-refractivity contribution in [2.75, 3.05) is 5.73 Å². The van der Waals surface area contributed by atoms with E-state index in [-0.39, 0.29) is 6.10 Å². The Kier molecular flexibility index (Phi) is 3.25. The molecule has 4 N–H and O–H groups in total. The van der Waals surface area contributed by atoms with Gasteiger partial charge in [0.1, 0.15) is 5.75 Å². The van der Waals surface area contributed by atoms with Crippen LogP contribution < -0.4 is 16.2 Å². The smallest absolute Gasteiger partial charge is 0.129 e. The Morgan fingerprint density at radius 2 is 1.89 bits per heavy atom. The van der Waals surface area contributed by atoms with E-state index in [1.807, 2.05) is 24.4 Å². The number of nitrogens with zero attached hydrogens (tertiary/aromatic N) is 1. The van der Waals surface area contributed by atoms with Gasteiger partial charge in [0.15, 0.2) is 0 Å². The van der Waals surface area contributed by atoms with Crippen molar-refractivity contribution in [1.29, 1.82) is 0 Å². The molecule has 0 bridgehead atoms. The van der Waals surface area contributed by atoms with Crippen LogP contribution in [0.1, 0.15) is 25.7 Å². The van der Waals surface area contributed by atoms with Crippen molar-refractivity contribution in [2.45, 2.75) is 37.8 Å². The summed E-state index contributed by atoms with van der Waals surface area (Å²) in [5.74, 6) is 0.859. The van der Waals surface area contributed by atoms with Crippen LogP contribution in [0.5, 0.6) is 5.75 Å². The molecule has 0 atom stereocenters. The number of aromatic nitrogens is 1. The van der Waals surface area contributed by atoms with E-state index < -0.39 is 0 Å². The normalized spacial score (nSPS) is 23.4. The predicted octanol–water partition coefficient (Wildman–Crippen LogP) is 2.47. The number of ether oxygens (including phenoxy) is 1. The molecule has 0 spiro atoms. The summed E-state index contributed by atoms with van der Waals surface area (Å²) in [5.41, 5.74) is 12.6. The quantitative estimate of drug-likeness (QED) is 0.866. The van der Waals surface area contributed by atoms with Gasteiger partial charge in [-0.1, -0.05) is 12.1 Å². The molecular formula is C15H19N3O. The highest BCUT2D eigenvalue weighted by Gasteiger charge is 2.20. The molecule has 0 amide bonds. The Bertz CT molecular complexity index is 571. The molecule has 100 valence electrons. The lowest BCUT2D eigenvalue weighted by Crippen LogP contribution is -2.31. The van der Waals surface area contributed by atoms with Crippen LogP contribution in [0.3, 0.4) is 0 Å². The number of hydrogen-bond donors (Lipinski definition) is 2. The number of hydrogen-bond acceptors (Lipinski definition) is 4. The fourth-order valence-corrected chi connectivity index (χ4v) is 2.71. The zero-order valence-corrected chi connectivity index (χ0v) is 10.9. The van der Waals surface area contributed by atoms with Crippen molar-refractivity contribution in [3.05, 3.63) is 30.6 Å². The highest BCUT2D eigenvalue weighted by atomic mass is 16.5. The van der Waals surface area contributed by atoms with Crippen molar-refractivity contribution in [1.82, 2.24) is 4.98 Å². The van der Waals surface area contributed by atoms with E-state index in [0.717, 1.165) is 42.2 Å². The number of pyridine rings is 1. The third-order valence-electron chi connectivity index (χ3n) is 3.79. The van der Waals surface area contributed by atoms with Gasteiger partial charge in [-0.25, -0.2) is 0 Å². The van der Waals surface area contributed by atoms with Gasteiger partial charge in [0.25, 0.3) is 0 Å². The molecule has 1 aromatic carbocycles. The summed E-state index contributed by atoms with van der Waals surface area (Å²) in [5, 5.41) is 1.98. The monoisotopic (exact) mass is 257 g/mol. The number of rotatable bonds is 2. The van der Waals surface area contributed by atoms with Crippen molar-refractivity contribution < 1.29 is 4.74 Å². The van der Waals surface area contributed by atoms with Crippen LogP contribution in [0.4, 0.5) is 5.69 Å². The topological polar surface area (TPSA) is 74.2 Å². The molecule has 2 aromatic rings. The summed E-state index contributed by atoms with van der Waals surface area (Å²) in [6.45, 7) is 0. The Morgan fingerprint density at radius 3 is 2.68 bits per heavy atom. The van der Waals surface area contributed by atoms with E-state index >= 15 is 0 Å². The molecule has 1 aliphatic carbocycles. The minimum atomic E-state index is 0.248. The Labute approximate surface area is 112 Å². The number of nitrogen functional groups attached to an aromatic ring is 1. The van der Waals surface area contributed by atoms with Crippen molar-refractivity contribution in [3.8, 4) is 5.75 Å². The molecule has 19 heavy (non-hydrogen) atoms. The van der Waals surface area contributed by atoms with Gasteiger partial charge in [0, 0.05) is 23.0 Å². The maximum absolute atomic E-state index is 6.13. The summed E-state index contributed by atoms with van der Waals surface area (Å²) in [6.07, 6.45) is 7.84. The standard InChI is InChI=1S/C15H19N3O/c16-11-4-6-12(7-5-11)19-14-3-1-2-10-8-18-9-13(17)15(10)14/h1-3,8-9,11-12H,4-7,16-17H2. The average Bonchev–Trinajstić information content (AvgIpc) is 2.42. The molecule has 1 saturated carbocycles. The molecule has 0 unspecified atom stereocenters. The second kappa shape index (κ2) is 5.05. The van der Waals surface area contributed by atoms with Crippen LogP contribution in [0.2, 0.25) is 0 Å². The third kappa shape index (κ3) is 2.49. The van der Waals surface area contributed by atoms with Gasteiger partial charge in [-0.15, -0.1) is 0 Å². The largest absolute Gasteiger partial charge is 0.490 e. The summed E-state index contributed by atoms with van der Waals surface area (Å²) < 4.78 is 6.13. The first-order valence-corrected chi connectivity index (χ1v) is 6.78. The number of fused-ring (bicyclic) bond motifs is 1. The molecule has 0 aliphatic heterocycles. The van der Waals surface area contributed by atoms with Gasteiger partial charge in [-0.3, -0.25) is 4.98 Å². The molecule has 4 heteroatoms. The van der Waals surface area contributed by atoms with Crippen LogP contribution in [0, 0.1) is 0 Å². The lowest BCUT2D eigenvalue weighted by molar-refractivity contribution is 0.149. The highest BCUT2D eigenvalue weighted by molar-refractivity contribution is 5.96. The van der Waals surface area contributed by atoms with Crippen LogP contribution >= 0.6 is 0 Å². The van der Waals surface area contributed by atoms with E-state index in [0.29, 0.717) is 11.7 Å². The number of benzene rings is 1. The van der Waals surface area contributed by atoms with E-state index in [4.69, 9.17) is 16.2 Å². The SMILES string of the molecule is Nc1cncc2cccc(OC3CCC(N)CC3)c12. The van der Waals surface area contributed by atoms with Crippen molar-refractivity contribution in [2.24, 2.45) is 5.73 Å². The first-order chi connectivity index (χ1) is 9.24. The maximum Gasteiger partial charge on any atom is 0.129 e. The van der Waals surface area contributed by atoms with Crippen LogP contribution in [0.25, 0.3) is 10.8 Å². The highest BCUT2D eigenvalue weighted by Crippen LogP contribution is 2.32. The summed E-state index contributed by atoms with van der Waals surface area (Å²) in [7, 11) is 0. The predicted molar refractivity (Wildman–Crippen MR) is 77.0 cm³/mol. The Hall–Kier alpha value is -1.81. The van der Waals surface area contributed by atoms with Crippen LogP contribution in [0.15, 0.2) is 30.6 Å². The van der Waals surface area contributed by atoms with Crippen molar-refractivity contribution >= 4 is 16.5 Å². The van der Waals surface area contributed by atoms with Gasteiger partial charge in [-0.2, -0.15) is 0 Å². The van der Waals surface area contributed by atoms with E-state index in [1.54, 1.807) is 6.20 Å². The van der Waals surface area contributed by atoms with E-state index in [1.165, 1.54) is 0 Å². The first-order valence-electron chi connectivity index (χ1n) is 6.78. The van der Waals surface area contributed by atoms with Gasteiger partial charge in [-0.05, 0) is 31.7 Å². The second-order valence-electron chi connectivity index (χ2n) is 5.24. The van der Waals surface area contributed by atoms with Crippen molar-refractivity contribution in [3.63, 3.8) is 0 Å². The number of anilines is 1. The maximum atomic E-state index is 6.13. The fourth-order valence-electron chi connectivity index (χ4n) is 2.71. The molecule has 1 heterocycles.